The first-order valence-corrected chi connectivity index (χ1v) is 13.5. The number of amides is 4. The fourth-order valence-electron chi connectivity index (χ4n) is 4.97. The van der Waals surface area contributed by atoms with Crippen LogP contribution in [0.1, 0.15) is 67.7 Å². The van der Waals surface area contributed by atoms with Crippen molar-refractivity contribution in [1.29, 1.82) is 0 Å². The normalized spacial score (nSPS) is 17.3. The zero-order valence-electron chi connectivity index (χ0n) is 23.2. The van der Waals surface area contributed by atoms with Crippen LogP contribution in [0.25, 0.3) is 0 Å². The molecule has 3 rings (SSSR count). The van der Waals surface area contributed by atoms with Crippen LogP contribution in [-0.2, 0) is 14.3 Å². The Labute approximate surface area is 224 Å². The van der Waals surface area contributed by atoms with Crippen molar-refractivity contribution in [2.45, 2.75) is 58.9 Å². The topological polar surface area (TPSA) is 121 Å². The summed E-state index contributed by atoms with van der Waals surface area (Å²) in [5, 5.41) is 2.82. The van der Waals surface area contributed by atoms with Crippen LogP contribution < -0.4 is 5.32 Å². The number of carbonyl (C=O) groups is 4. The van der Waals surface area contributed by atoms with E-state index < -0.39 is 12.0 Å². The number of hydrogen-bond acceptors (Lipinski definition) is 7. The summed E-state index contributed by atoms with van der Waals surface area (Å²) in [6.45, 7) is 10.7. The number of aromatic nitrogens is 1. The number of aryl methyl sites for hydroxylation is 1. The number of carbonyl (C=O) groups excluding carboxylic acids is 4. The second kappa shape index (κ2) is 13.4. The quantitative estimate of drug-likeness (QED) is 0.537. The van der Waals surface area contributed by atoms with Gasteiger partial charge in [-0.25, -0.2) is 14.4 Å². The molecule has 3 heterocycles. The van der Waals surface area contributed by atoms with Crippen molar-refractivity contribution in [1.82, 2.24) is 25.0 Å². The average molecular weight is 532 g/mol. The smallest absolute Gasteiger partial charge is 0.409 e. The highest BCUT2D eigenvalue weighted by Gasteiger charge is 2.32. The number of pyridine rings is 1. The number of urea groups is 1. The van der Waals surface area contributed by atoms with Crippen LogP contribution in [0.15, 0.2) is 12.1 Å². The third kappa shape index (κ3) is 7.35. The number of piperazine rings is 1. The van der Waals surface area contributed by atoms with Gasteiger partial charge < -0.3 is 29.5 Å². The van der Waals surface area contributed by atoms with Crippen LogP contribution in [0, 0.1) is 12.8 Å². The minimum absolute atomic E-state index is 0.0331. The van der Waals surface area contributed by atoms with Crippen molar-refractivity contribution in [3.63, 3.8) is 0 Å². The number of nitrogens with zero attached hydrogens (tertiary/aromatic N) is 4. The van der Waals surface area contributed by atoms with Crippen molar-refractivity contribution in [3.8, 4) is 0 Å². The number of likely N-dealkylation sites (tertiary alicyclic amines) is 1. The van der Waals surface area contributed by atoms with Crippen LogP contribution in [0.3, 0.4) is 0 Å². The number of esters is 1. The predicted molar refractivity (Wildman–Crippen MR) is 141 cm³/mol. The zero-order valence-corrected chi connectivity index (χ0v) is 23.2. The summed E-state index contributed by atoms with van der Waals surface area (Å²) in [5.41, 5.74) is 2.17. The maximum absolute atomic E-state index is 13.5. The molecule has 0 bridgehead atoms. The molecule has 1 N–H and O–H groups in total. The summed E-state index contributed by atoms with van der Waals surface area (Å²) in [4.78, 5) is 60.4. The molecule has 0 aromatic carbocycles. The molecule has 38 heavy (non-hydrogen) atoms. The first-order valence-electron chi connectivity index (χ1n) is 13.5. The summed E-state index contributed by atoms with van der Waals surface area (Å²) in [7, 11) is 1.32. The van der Waals surface area contributed by atoms with E-state index in [2.05, 4.69) is 5.32 Å². The standard InChI is InChI=1S/C27H41N5O6/c1-6-38-27(36)32-15-13-30(14-16-32)24(33)21-8-7-19(4)28-23(21)20-9-11-31(12-10-20)26(35)29-22(17-18(2)3)25(34)37-5/h7-8,18,20,22H,6,9-17H2,1-5H3,(H,29,35). The molecule has 0 saturated carbocycles. The number of rotatable bonds is 7. The van der Waals surface area contributed by atoms with Crippen molar-refractivity contribution in [2.75, 3.05) is 53.0 Å². The average Bonchev–Trinajstić information content (AvgIpc) is 2.91. The maximum atomic E-state index is 13.5. The van der Waals surface area contributed by atoms with Gasteiger partial charge in [0, 0.05) is 50.9 Å². The van der Waals surface area contributed by atoms with E-state index in [4.69, 9.17) is 14.5 Å². The Kier molecular flexibility index (Phi) is 10.3. The van der Waals surface area contributed by atoms with Crippen LogP contribution in [0.2, 0.25) is 0 Å². The number of ether oxygens (including phenoxy) is 2. The third-order valence-corrected chi connectivity index (χ3v) is 7.05. The number of piperidine rings is 1. The first-order chi connectivity index (χ1) is 18.1. The van der Waals surface area contributed by atoms with E-state index in [1.807, 2.05) is 32.9 Å². The lowest BCUT2D eigenvalue weighted by Gasteiger charge is -2.36. The van der Waals surface area contributed by atoms with Gasteiger partial charge in [0.1, 0.15) is 6.04 Å². The Morgan fingerprint density at radius 3 is 2.21 bits per heavy atom. The van der Waals surface area contributed by atoms with Gasteiger partial charge in [0.25, 0.3) is 5.91 Å². The largest absolute Gasteiger partial charge is 0.467 e. The van der Waals surface area contributed by atoms with Gasteiger partial charge in [-0.1, -0.05) is 13.8 Å². The van der Waals surface area contributed by atoms with Crippen LogP contribution in [0.5, 0.6) is 0 Å². The zero-order chi connectivity index (χ0) is 27.8. The molecule has 1 aromatic heterocycles. The van der Waals surface area contributed by atoms with E-state index in [0.29, 0.717) is 70.7 Å². The second-order valence-corrected chi connectivity index (χ2v) is 10.3. The van der Waals surface area contributed by atoms with Gasteiger partial charge in [0.15, 0.2) is 0 Å². The van der Waals surface area contributed by atoms with E-state index in [1.54, 1.807) is 21.6 Å². The fraction of sp³-hybridized carbons (Fsp3) is 0.667. The molecule has 0 aliphatic carbocycles. The Morgan fingerprint density at radius 1 is 1.00 bits per heavy atom. The van der Waals surface area contributed by atoms with E-state index in [9.17, 15) is 19.2 Å². The van der Waals surface area contributed by atoms with E-state index in [1.165, 1.54) is 7.11 Å². The molecule has 1 atom stereocenters. The number of methoxy groups -OCH3 is 1. The SMILES string of the molecule is CCOC(=O)N1CCN(C(=O)c2ccc(C)nc2C2CCN(C(=O)NC(CC(C)C)C(=O)OC)CC2)CC1. The maximum Gasteiger partial charge on any atom is 0.409 e. The molecule has 11 nitrogen and oxygen atoms in total. The Bertz CT molecular complexity index is 1000. The summed E-state index contributed by atoms with van der Waals surface area (Å²) >= 11 is 0. The van der Waals surface area contributed by atoms with Gasteiger partial charge in [-0.2, -0.15) is 0 Å². The van der Waals surface area contributed by atoms with Gasteiger partial charge >= 0.3 is 18.1 Å². The molecule has 210 valence electrons. The summed E-state index contributed by atoms with van der Waals surface area (Å²) in [6.07, 6.45) is 1.47. The Morgan fingerprint density at radius 2 is 1.63 bits per heavy atom. The van der Waals surface area contributed by atoms with Gasteiger partial charge in [-0.3, -0.25) is 9.78 Å². The van der Waals surface area contributed by atoms with Crippen molar-refractivity contribution >= 4 is 24.0 Å². The molecular formula is C27H41N5O6. The molecule has 0 radical (unpaired) electrons. The van der Waals surface area contributed by atoms with E-state index >= 15 is 0 Å². The molecule has 0 spiro atoms. The third-order valence-electron chi connectivity index (χ3n) is 7.05. The van der Waals surface area contributed by atoms with Crippen LogP contribution in [-0.4, -0.2) is 103 Å². The Hall–Kier alpha value is -3.37. The van der Waals surface area contributed by atoms with Crippen LogP contribution in [0.4, 0.5) is 9.59 Å². The number of nitrogens with one attached hydrogen (secondary N) is 1. The number of hydrogen-bond donors (Lipinski definition) is 1. The highest BCUT2D eigenvalue weighted by Crippen LogP contribution is 2.30. The minimum atomic E-state index is -0.683. The van der Waals surface area contributed by atoms with Crippen LogP contribution >= 0.6 is 0 Å². The van der Waals surface area contributed by atoms with Gasteiger partial charge in [0.2, 0.25) is 0 Å². The second-order valence-electron chi connectivity index (χ2n) is 10.3. The molecule has 1 aromatic rings. The molecule has 1 unspecified atom stereocenters. The van der Waals surface area contributed by atoms with Crippen molar-refractivity contribution in [3.05, 3.63) is 29.1 Å². The monoisotopic (exact) mass is 531 g/mol. The molecule has 2 saturated heterocycles. The molecular weight excluding hydrogens is 490 g/mol. The lowest BCUT2D eigenvalue weighted by molar-refractivity contribution is -0.143. The molecule has 11 heteroatoms. The van der Waals surface area contributed by atoms with Crippen molar-refractivity contribution < 1.29 is 28.7 Å². The lowest BCUT2D eigenvalue weighted by atomic mass is 9.89. The highest BCUT2D eigenvalue weighted by molar-refractivity contribution is 5.95. The van der Waals surface area contributed by atoms with Gasteiger partial charge in [-0.15, -0.1) is 0 Å². The first kappa shape index (κ1) is 29.2. The van der Waals surface area contributed by atoms with Gasteiger partial charge in [-0.05, 0) is 51.2 Å². The summed E-state index contributed by atoms with van der Waals surface area (Å²) < 4.78 is 9.93. The molecule has 2 aliphatic heterocycles. The summed E-state index contributed by atoms with van der Waals surface area (Å²) in [6, 6.07) is 2.71. The van der Waals surface area contributed by atoms with E-state index in [-0.39, 0.29) is 29.9 Å². The van der Waals surface area contributed by atoms with Gasteiger partial charge in [0.05, 0.1) is 25.0 Å². The van der Waals surface area contributed by atoms with E-state index in [0.717, 1.165) is 11.4 Å². The minimum Gasteiger partial charge on any atom is -0.467 e. The highest BCUT2D eigenvalue weighted by atomic mass is 16.6. The summed E-state index contributed by atoms with van der Waals surface area (Å²) in [5.74, 6) is -0.282. The Balaban J connectivity index is 1.63. The molecule has 2 fully saturated rings. The van der Waals surface area contributed by atoms with Crippen molar-refractivity contribution in [2.24, 2.45) is 5.92 Å². The molecule has 2 aliphatic rings. The fourth-order valence-corrected chi connectivity index (χ4v) is 4.97. The molecule has 4 amide bonds. The lowest BCUT2D eigenvalue weighted by Crippen LogP contribution is -2.51. The predicted octanol–water partition coefficient (Wildman–Crippen LogP) is 2.78.